The number of nitrogens with zero attached hydrogens (tertiary/aromatic N) is 10. The van der Waals surface area contributed by atoms with Gasteiger partial charge in [-0.15, -0.1) is 0 Å². The molecule has 2 aliphatic rings. The number of rotatable bonds is 6. The summed E-state index contributed by atoms with van der Waals surface area (Å²) in [5.74, 6) is 1.37. The Morgan fingerprint density at radius 2 is 1.79 bits per heavy atom. The maximum atomic E-state index is 12.5. The van der Waals surface area contributed by atoms with E-state index in [9.17, 15) is 20.0 Å². The second-order valence-electron chi connectivity index (χ2n) is 14.1. The lowest BCUT2D eigenvalue weighted by Gasteiger charge is -2.44. The minimum absolute atomic E-state index is 0.0496. The van der Waals surface area contributed by atoms with Crippen LogP contribution >= 0.6 is 0 Å². The van der Waals surface area contributed by atoms with Gasteiger partial charge in [-0.1, -0.05) is 34.6 Å². The molecule has 246 valence electrons. The Bertz CT molecular complexity index is 1810. The zero-order valence-corrected chi connectivity index (χ0v) is 27.7. The first-order valence-electron chi connectivity index (χ1n) is 16.2. The summed E-state index contributed by atoms with van der Waals surface area (Å²) in [7, 11) is 0. The molecule has 2 unspecified atom stereocenters. The van der Waals surface area contributed by atoms with Gasteiger partial charge in [0.1, 0.15) is 23.0 Å². The zero-order chi connectivity index (χ0) is 33.5. The van der Waals surface area contributed by atoms with E-state index >= 15 is 0 Å². The molecule has 2 amide bonds. The Labute approximate surface area is 274 Å². The highest BCUT2D eigenvalue weighted by molar-refractivity contribution is 5.83. The second kappa shape index (κ2) is 12.7. The summed E-state index contributed by atoms with van der Waals surface area (Å²) < 4.78 is 3.60. The molecule has 1 N–H and O–H groups in total. The van der Waals surface area contributed by atoms with Crippen LogP contribution < -0.4 is 4.90 Å². The molecule has 0 aliphatic carbocycles. The number of hydrogen-bond donors (Lipinski definition) is 1. The number of nitriles is 1. The first kappa shape index (κ1) is 32.0. The van der Waals surface area contributed by atoms with Gasteiger partial charge in [-0.3, -0.25) is 9.48 Å². The summed E-state index contributed by atoms with van der Waals surface area (Å²) in [5.41, 5.74) is 3.60. The van der Waals surface area contributed by atoms with Gasteiger partial charge in [0.05, 0.1) is 36.0 Å². The molecule has 2 aliphatic heterocycles. The Morgan fingerprint density at radius 1 is 1.02 bits per heavy atom. The maximum absolute atomic E-state index is 12.5. The van der Waals surface area contributed by atoms with Crippen molar-refractivity contribution in [2.75, 3.05) is 37.6 Å². The average molecular weight is 639 g/mol. The van der Waals surface area contributed by atoms with E-state index in [4.69, 9.17) is 9.97 Å². The highest BCUT2D eigenvalue weighted by Crippen LogP contribution is 2.37. The fourth-order valence-electron chi connectivity index (χ4n) is 6.72. The van der Waals surface area contributed by atoms with Crippen LogP contribution in [0.4, 0.5) is 10.6 Å². The topological polar surface area (TPSA) is 149 Å². The summed E-state index contributed by atoms with van der Waals surface area (Å²) in [6.07, 6.45) is 9.87. The Balaban J connectivity index is 1.25. The zero-order valence-electron chi connectivity index (χ0n) is 27.7. The predicted molar refractivity (Wildman–Crippen MR) is 177 cm³/mol. The van der Waals surface area contributed by atoms with Gasteiger partial charge in [0, 0.05) is 68.7 Å². The van der Waals surface area contributed by atoms with Crippen molar-refractivity contribution in [3.63, 3.8) is 0 Å². The number of piperazine rings is 1. The maximum Gasteiger partial charge on any atom is 0.407 e. The van der Waals surface area contributed by atoms with E-state index in [1.807, 2.05) is 27.9 Å². The first-order chi connectivity index (χ1) is 22.4. The minimum atomic E-state index is -0.885. The van der Waals surface area contributed by atoms with E-state index in [0.29, 0.717) is 80.4 Å². The normalized spacial score (nSPS) is 19.0. The van der Waals surface area contributed by atoms with Crippen LogP contribution in [0.25, 0.3) is 28.0 Å². The summed E-state index contributed by atoms with van der Waals surface area (Å²) in [6.45, 7) is 13.6. The molecule has 2 saturated heterocycles. The van der Waals surface area contributed by atoms with E-state index in [2.05, 4.69) is 55.8 Å². The molecule has 0 saturated carbocycles. The number of carboxylic acid groups (broad SMARTS) is 1. The molecule has 6 rings (SSSR count). The Morgan fingerprint density at radius 3 is 2.43 bits per heavy atom. The molecule has 4 aromatic rings. The molecule has 13 heteroatoms. The minimum Gasteiger partial charge on any atom is -0.465 e. The standard InChI is InChI=1S/C34H42N10O3/c1-22(2)14-30(45)41-12-10-40(11-13-41)29-7-6-23(17-36-29)31-32-24(16-35)18-38-44(32)21-27(39-31)25-19-37-43(20-25)26-8-9-42(33(46)47)28(15-26)34(3,4)5/h6-7,17-22,26,28H,8-15H2,1-5H3,(H,46,47). The molecule has 2 atom stereocenters. The van der Waals surface area contributed by atoms with E-state index in [1.165, 1.54) is 0 Å². The first-order valence-corrected chi connectivity index (χ1v) is 16.2. The molecular weight excluding hydrogens is 596 g/mol. The number of amides is 2. The molecule has 0 bridgehead atoms. The van der Waals surface area contributed by atoms with Crippen molar-refractivity contribution >= 4 is 23.3 Å². The molecule has 0 radical (unpaired) electrons. The molecule has 4 aromatic heterocycles. The third-order valence-corrected chi connectivity index (χ3v) is 9.27. The molecule has 6 heterocycles. The summed E-state index contributed by atoms with van der Waals surface area (Å²) in [5, 5.41) is 28.8. The van der Waals surface area contributed by atoms with Crippen LogP contribution in [-0.4, -0.2) is 95.0 Å². The van der Waals surface area contributed by atoms with Gasteiger partial charge in [0.2, 0.25) is 5.91 Å². The van der Waals surface area contributed by atoms with Crippen molar-refractivity contribution in [1.29, 1.82) is 5.26 Å². The van der Waals surface area contributed by atoms with Crippen LogP contribution in [0.5, 0.6) is 0 Å². The number of aromatic nitrogens is 6. The van der Waals surface area contributed by atoms with Gasteiger partial charge in [-0.05, 0) is 36.3 Å². The van der Waals surface area contributed by atoms with Crippen LogP contribution in [0.15, 0.2) is 43.1 Å². The molecule has 13 nitrogen and oxygen atoms in total. The van der Waals surface area contributed by atoms with Crippen LogP contribution in [0.1, 0.15) is 65.5 Å². The Hall–Kier alpha value is -4.99. The van der Waals surface area contributed by atoms with Gasteiger partial charge >= 0.3 is 6.09 Å². The average Bonchev–Trinajstić information content (AvgIpc) is 3.71. The summed E-state index contributed by atoms with van der Waals surface area (Å²) in [6, 6.07) is 6.08. The van der Waals surface area contributed by atoms with E-state index in [0.717, 1.165) is 16.9 Å². The molecule has 0 spiro atoms. The van der Waals surface area contributed by atoms with Crippen molar-refractivity contribution in [1.82, 2.24) is 39.2 Å². The number of fused-ring (bicyclic) bond motifs is 1. The van der Waals surface area contributed by atoms with Gasteiger partial charge in [0.25, 0.3) is 0 Å². The van der Waals surface area contributed by atoms with Crippen molar-refractivity contribution in [2.45, 2.75) is 66.0 Å². The Kier molecular flexibility index (Phi) is 8.61. The lowest BCUT2D eigenvalue weighted by Crippen LogP contribution is -2.51. The van der Waals surface area contributed by atoms with Crippen LogP contribution in [0.2, 0.25) is 0 Å². The van der Waals surface area contributed by atoms with Gasteiger partial charge < -0.3 is 19.8 Å². The van der Waals surface area contributed by atoms with Crippen LogP contribution in [0.3, 0.4) is 0 Å². The lowest BCUT2D eigenvalue weighted by atomic mass is 9.79. The van der Waals surface area contributed by atoms with Crippen LogP contribution in [-0.2, 0) is 4.79 Å². The largest absolute Gasteiger partial charge is 0.465 e. The monoisotopic (exact) mass is 638 g/mol. The number of carbonyl (C=O) groups is 2. The number of carbonyl (C=O) groups excluding carboxylic acids is 1. The number of likely N-dealkylation sites (tertiary alicyclic amines) is 1. The second-order valence-corrected chi connectivity index (χ2v) is 14.1. The van der Waals surface area contributed by atoms with Gasteiger partial charge in [-0.25, -0.2) is 19.3 Å². The number of hydrogen-bond acceptors (Lipinski definition) is 8. The molecule has 47 heavy (non-hydrogen) atoms. The van der Waals surface area contributed by atoms with E-state index in [-0.39, 0.29) is 23.4 Å². The number of anilines is 1. The van der Waals surface area contributed by atoms with Crippen molar-refractivity contribution in [3.8, 4) is 28.6 Å². The third-order valence-electron chi connectivity index (χ3n) is 9.27. The highest BCUT2D eigenvalue weighted by atomic mass is 16.4. The van der Waals surface area contributed by atoms with Gasteiger partial charge in [-0.2, -0.15) is 15.5 Å². The highest BCUT2D eigenvalue weighted by Gasteiger charge is 2.39. The third kappa shape index (κ3) is 6.50. The van der Waals surface area contributed by atoms with E-state index < -0.39 is 6.09 Å². The van der Waals surface area contributed by atoms with Gasteiger partial charge in [0.15, 0.2) is 0 Å². The van der Waals surface area contributed by atoms with Crippen LogP contribution in [0, 0.1) is 22.7 Å². The predicted octanol–water partition coefficient (Wildman–Crippen LogP) is 4.95. The lowest BCUT2D eigenvalue weighted by molar-refractivity contribution is -0.132. The van der Waals surface area contributed by atoms with Crippen molar-refractivity contribution in [2.24, 2.45) is 11.3 Å². The SMILES string of the molecule is CC(C)CC(=O)N1CCN(c2ccc(-c3nc(-c4cnn(C5CCN(C(=O)O)C(C(C)(C)C)C5)c4)cn4ncc(C#N)c34)cn2)CC1. The molecule has 0 aromatic carbocycles. The van der Waals surface area contributed by atoms with Crippen molar-refractivity contribution < 1.29 is 14.7 Å². The fourth-order valence-corrected chi connectivity index (χ4v) is 6.72. The smallest absolute Gasteiger partial charge is 0.407 e. The summed E-state index contributed by atoms with van der Waals surface area (Å²) in [4.78, 5) is 39.9. The fraction of sp³-hybridized carbons (Fsp3) is 0.500. The number of piperidine rings is 1. The molecular formula is C34H42N10O3. The molecule has 2 fully saturated rings. The van der Waals surface area contributed by atoms with Crippen molar-refractivity contribution in [3.05, 3.63) is 48.7 Å². The van der Waals surface area contributed by atoms with E-state index in [1.54, 1.807) is 34.2 Å². The summed E-state index contributed by atoms with van der Waals surface area (Å²) >= 11 is 0. The quantitative estimate of drug-likeness (QED) is 0.310. The number of pyridine rings is 1.